The standard InChI is InChI=1S/C23H36O4S/c24-19(25)14-7-2-1-6-12-17-18(21-23-22(27-23)20(17)26-21)13-8-9-15-28-16-10-4-3-5-11-16/h1,6,16-18,20-23H,2-5,7-15H2,(H,24,25)/b6-1-/t17-,18+,20+,21-,22-,23+/m0/s1. The number of thioether (sulfide) groups is 1. The lowest BCUT2D eigenvalue weighted by molar-refractivity contribution is -0.137. The Labute approximate surface area is 173 Å². The van der Waals surface area contributed by atoms with Gasteiger partial charge in [-0.3, -0.25) is 4.79 Å². The van der Waals surface area contributed by atoms with E-state index >= 15 is 0 Å². The van der Waals surface area contributed by atoms with E-state index in [9.17, 15) is 4.79 Å². The average Bonchev–Trinajstić information content (AvgIpc) is 3.32. The molecule has 3 saturated heterocycles. The van der Waals surface area contributed by atoms with Gasteiger partial charge in [0.05, 0.1) is 12.2 Å². The van der Waals surface area contributed by atoms with Crippen LogP contribution in [0, 0.1) is 11.8 Å². The Bertz CT molecular complexity index is 545. The SMILES string of the molecule is O=C(O)CCC/C=C\C[C@H]1[C@@H](CCCCSC2CCCCC2)[C@@H]2O[C@H]1[C@@H]1O[C@@H]12. The van der Waals surface area contributed by atoms with Gasteiger partial charge in [0.2, 0.25) is 0 Å². The van der Waals surface area contributed by atoms with Gasteiger partial charge in [0.15, 0.2) is 0 Å². The minimum absolute atomic E-state index is 0.265. The highest BCUT2D eigenvalue weighted by atomic mass is 32.2. The molecule has 2 bridgehead atoms. The molecule has 3 aliphatic heterocycles. The molecule has 1 N–H and O–H groups in total. The maximum absolute atomic E-state index is 10.6. The van der Waals surface area contributed by atoms with Gasteiger partial charge in [-0.15, -0.1) is 0 Å². The molecule has 4 nitrogen and oxygen atoms in total. The summed E-state index contributed by atoms with van der Waals surface area (Å²) in [5, 5.41) is 9.65. The smallest absolute Gasteiger partial charge is 0.303 e. The number of carboxylic acid groups (broad SMARTS) is 1. The first-order valence-electron chi connectivity index (χ1n) is 11.5. The van der Waals surface area contributed by atoms with E-state index in [4.69, 9.17) is 14.6 Å². The maximum atomic E-state index is 10.6. The van der Waals surface area contributed by atoms with Crippen molar-refractivity contribution in [2.45, 2.75) is 107 Å². The van der Waals surface area contributed by atoms with Crippen molar-refractivity contribution in [3.05, 3.63) is 12.2 Å². The highest BCUT2D eigenvalue weighted by molar-refractivity contribution is 7.99. The number of ether oxygens (including phenoxy) is 2. The minimum Gasteiger partial charge on any atom is -0.481 e. The van der Waals surface area contributed by atoms with Crippen molar-refractivity contribution in [2.24, 2.45) is 11.8 Å². The van der Waals surface area contributed by atoms with Gasteiger partial charge in [0.25, 0.3) is 0 Å². The lowest BCUT2D eigenvalue weighted by atomic mass is 9.75. The van der Waals surface area contributed by atoms with Gasteiger partial charge >= 0.3 is 5.97 Å². The fourth-order valence-electron chi connectivity index (χ4n) is 5.57. The molecule has 0 aromatic heterocycles. The lowest BCUT2D eigenvalue weighted by Crippen LogP contribution is -2.32. The van der Waals surface area contributed by atoms with E-state index in [-0.39, 0.29) is 6.42 Å². The van der Waals surface area contributed by atoms with Crippen LogP contribution < -0.4 is 0 Å². The van der Waals surface area contributed by atoms with Crippen molar-refractivity contribution in [3.8, 4) is 0 Å². The predicted molar refractivity (Wildman–Crippen MR) is 113 cm³/mol. The van der Waals surface area contributed by atoms with Crippen LogP contribution in [0.4, 0.5) is 0 Å². The second-order valence-electron chi connectivity index (χ2n) is 9.08. The number of rotatable bonds is 12. The summed E-state index contributed by atoms with van der Waals surface area (Å²) < 4.78 is 12.1. The van der Waals surface area contributed by atoms with Crippen LogP contribution >= 0.6 is 11.8 Å². The van der Waals surface area contributed by atoms with Crippen LogP contribution in [-0.4, -0.2) is 46.5 Å². The first-order chi connectivity index (χ1) is 13.7. The molecule has 0 unspecified atom stereocenters. The Morgan fingerprint density at radius 1 is 0.929 bits per heavy atom. The van der Waals surface area contributed by atoms with Crippen LogP contribution in [-0.2, 0) is 14.3 Å². The largest absolute Gasteiger partial charge is 0.481 e. The topological polar surface area (TPSA) is 59.1 Å². The predicted octanol–water partition coefficient (Wildman–Crippen LogP) is 5.20. The quantitative estimate of drug-likeness (QED) is 0.273. The van der Waals surface area contributed by atoms with Crippen LogP contribution in [0.15, 0.2) is 12.2 Å². The molecule has 0 aromatic rings. The monoisotopic (exact) mass is 408 g/mol. The molecular weight excluding hydrogens is 372 g/mol. The molecule has 0 spiro atoms. The van der Waals surface area contributed by atoms with Crippen LogP contribution in [0.5, 0.6) is 0 Å². The first-order valence-corrected chi connectivity index (χ1v) is 12.6. The zero-order valence-electron chi connectivity index (χ0n) is 17.0. The van der Waals surface area contributed by atoms with E-state index in [1.165, 1.54) is 57.1 Å². The Hall–Kier alpha value is -0.520. The number of carboxylic acids is 1. The molecule has 1 saturated carbocycles. The normalized spacial score (nSPS) is 36.9. The van der Waals surface area contributed by atoms with Crippen molar-refractivity contribution in [3.63, 3.8) is 0 Å². The number of hydrogen-bond donors (Lipinski definition) is 1. The van der Waals surface area contributed by atoms with Gasteiger partial charge in [-0.25, -0.2) is 0 Å². The number of carbonyl (C=O) groups is 1. The Morgan fingerprint density at radius 3 is 2.46 bits per heavy atom. The third-order valence-electron chi connectivity index (χ3n) is 7.09. The fourth-order valence-corrected chi connectivity index (χ4v) is 6.94. The Morgan fingerprint density at radius 2 is 1.68 bits per heavy atom. The van der Waals surface area contributed by atoms with E-state index in [2.05, 4.69) is 23.9 Å². The molecule has 28 heavy (non-hydrogen) atoms. The van der Waals surface area contributed by atoms with Crippen molar-refractivity contribution >= 4 is 17.7 Å². The summed E-state index contributed by atoms with van der Waals surface area (Å²) in [5.74, 6) is 1.87. The lowest BCUT2D eigenvalue weighted by Gasteiger charge is -2.25. The zero-order valence-corrected chi connectivity index (χ0v) is 17.8. The first kappa shape index (κ1) is 20.7. The number of unbranched alkanes of at least 4 members (excludes halogenated alkanes) is 2. The summed E-state index contributed by atoms with van der Waals surface area (Å²) in [7, 11) is 0. The summed E-state index contributed by atoms with van der Waals surface area (Å²) in [4.78, 5) is 10.6. The van der Waals surface area contributed by atoms with Crippen LogP contribution in [0.1, 0.15) is 77.0 Å². The number of epoxide rings is 1. The Kier molecular flexibility index (Phi) is 7.40. The zero-order chi connectivity index (χ0) is 19.3. The van der Waals surface area contributed by atoms with Crippen molar-refractivity contribution < 1.29 is 19.4 Å². The summed E-state index contributed by atoms with van der Waals surface area (Å²) in [5.41, 5.74) is 0. The summed E-state index contributed by atoms with van der Waals surface area (Å²) in [6, 6.07) is 0. The van der Waals surface area contributed by atoms with Gasteiger partial charge < -0.3 is 14.6 Å². The van der Waals surface area contributed by atoms with Crippen LogP contribution in [0.2, 0.25) is 0 Å². The van der Waals surface area contributed by atoms with E-state index in [0.717, 1.165) is 24.5 Å². The summed E-state index contributed by atoms with van der Waals surface area (Å²) in [6.07, 6.45) is 19.9. The van der Waals surface area contributed by atoms with E-state index in [0.29, 0.717) is 36.3 Å². The van der Waals surface area contributed by atoms with Crippen LogP contribution in [0.3, 0.4) is 0 Å². The molecule has 158 valence electrons. The van der Waals surface area contributed by atoms with E-state index in [1.54, 1.807) is 0 Å². The molecule has 4 rings (SSSR count). The number of allylic oxidation sites excluding steroid dienone is 2. The van der Waals surface area contributed by atoms with Crippen molar-refractivity contribution in [1.29, 1.82) is 0 Å². The molecule has 0 amide bonds. The van der Waals surface area contributed by atoms with Crippen LogP contribution in [0.25, 0.3) is 0 Å². The Balaban J connectivity index is 1.16. The average molecular weight is 409 g/mol. The van der Waals surface area contributed by atoms with E-state index in [1.807, 2.05) is 0 Å². The number of aliphatic carboxylic acids is 1. The second kappa shape index (κ2) is 9.99. The molecule has 0 aromatic carbocycles. The molecule has 5 heteroatoms. The van der Waals surface area contributed by atoms with Gasteiger partial charge in [-0.05, 0) is 62.5 Å². The minimum atomic E-state index is -0.700. The molecule has 6 atom stereocenters. The van der Waals surface area contributed by atoms with E-state index < -0.39 is 5.97 Å². The molecule has 4 fully saturated rings. The third-order valence-corrected chi connectivity index (χ3v) is 8.56. The molecular formula is C23H36O4S. The second-order valence-corrected chi connectivity index (χ2v) is 10.5. The number of hydrogen-bond acceptors (Lipinski definition) is 4. The van der Waals surface area contributed by atoms with Gasteiger partial charge in [-0.2, -0.15) is 11.8 Å². The van der Waals surface area contributed by atoms with Crippen molar-refractivity contribution in [1.82, 2.24) is 0 Å². The molecule has 0 radical (unpaired) electrons. The van der Waals surface area contributed by atoms with Gasteiger partial charge in [0, 0.05) is 11.7 Å². The summed E-state index contributed by atoms with van der Waals surface area (Å²) >= 11 is 2.22. The maximum Gasteiger partial charge on any atom is 0.303 e. The van der Waals surface area contributed by atoms with Gasteiger partial charge in [0.1, 0.15) is 12.2 Å². The van der Waals surface area contributed by atoms with Gasteiger partial charge in [-0.1, -0.05) is 37.8 Å². The fraction of sp³-hybridized carbons (Fsp3) is 0.870. The molecule has 3 heterocycles. The van der Waals surface area contributed by atoms with Crippen molar-refractivity contribution in [2.75, 3.05) is 5.75 Å². The summed E-state index contributed by atoms with van der Waals surface area (Å²) in [6.45, 7) is 0. The molecule has 1 aliphatic carbocycles. The highest BCUT2D eigenvalue weighted by Gasteiger charge is 2.68. The number of fused-ring (bicyclic) bond motifs is 5. The molecule has 4 aliphatic rings. The third kappa shape index (κ3) is 5.14. The highest BCUT2D eigenvalue weighted by Crippen LogP contribution is 2.56.